The van der Waals surface area contributed by atoms with Crippen LogP contribution in [0.3, 0.4) is 0 Å². The lowest BCUT2D eigenvalue weighted by molar-refractivity contribution is -0.116. The quantitative estimate of drug-likeness (QED) is 0.710. The van der Waals surface area contributed by atoms with E-state index in [-0.39, 0.29) is 5.91 Å². The summed E-state index contributed by atoms with van der Waals surface area (Å²) < 4.78 is 5.06. The van der Waals surface area contributed by atoms with E-state index < -0.39 is 0 Å². The molecule has 1 amide bonds. The highest BCUT2D eigenvalue weighted by atomic mass is 16.5. The van der Waals surface area contributed by atoms with Gasteiger partial charge in [0.15, 0.2) is 0 Å². The van der Waals surface area contributed by atoms with Crippen LogP contribution in [0.15, 0.2) is 12.1 Å². The fourth-order valence-electron chi connectivity index (χ4n) is 2.20. The number of anilines is 3. The van der Waals surface area contributed by atoms with Crippen LogP contribution in [-0.2, 0) is 16.0 Å². The predicted octanol–water partition coefficient (Wildman–Crippen LogP) is 1.99. The third-order valence-corrected chi connectivity index (χ3v) is 3.33. The molecule has 4 N–H and O–H groups in total. The number of carbonyl (C=O) groups excluding carboxylic acids is 1. The number of nitrogens with two attached hydrogens (primary N) is 1. The minimum atomic E-state index is 0.0565. The van der Waals surface area contributed by atoms with Gasteiger partial charge in [-0.2, -0.15) is 0 Å². The predicted molar refractivity (Wildman–Crippen MR) is 77.4 cm³/mol. The molecule has 0 radical (unpaired) electrons. The average molecular weight is 263 g/mol. The molecule has 1 heterocycles. The van der Waals surface area contributed by atoms with Crippen molar-refractivity contribution in [3.05, 3.63) is 17.7 Å². The van der Waals surface area contributed by atoms with Crippen LogP contribution in [0.1, 0.15) is 25.3 Å². The van der Waals surface area contributed by atoms with Gasteiger partial charge in [0.1, 0.15) is 0 Å². The largest absolute Gasteiger partial charge is 0.397 e. The van der Waals surface area contributed by atoms with Gasteiger partial charge in [-0.3, -0.25) is 4.79 Å². The zero-order chi connectivity index (χ0) is 13.8. The first-order valence-corrected chi connectivity index (χ1v) is 6.58. The molecular formula is C14H21N3O2. The average Bonchev–Trinajstić information content (AvgIpc) is 2.37. The van der Waals surface area contributed by atoms with Crippen LogP contribution in [0.4, 0.5) is 17.1 Å². The van der Waals surface area contributed by atoms with Gasteiger partial charge in [0.2, 0.25) is 5.91 Å². The first-order chi connectivity index (χ1) is 9.10. The minimum absolute atomic E-state index is 0.0565. The van der Waals surface area contributed by atoms with Gasteiger partial charge in [-0.25, -0.2) is 0 Å². The van der Waals surface area contributed by atoms with E-state index in [1.807, 2.05) is 12.1 Å². The molecule has 1 aromatic rings. The Labute approximate surface area is 113 Å². The number of nitrogens with one attached hydrogen (secondary N) is 2. The minimum Gasteiger partial charge on any atom is -0.397 e. The highest BCUT2D eigenvalue weighted by molar-refractivity contribution is 5.95. The van der Waals surface area contributed by atoms with Gasteiger partial charge in [0.25, 0.3) is 0 Å². The van der Waals surface area contributed by atoms with Gasteiger partial charge >= 0.3 is 0 Å². The Morgan fingerprint density at radius 1 is 1.47 bits per heavy atom. The first-order valence-electron chi connectivity index (χ1n) is 6.58. The molecule has 1 atom stereocenters. The van der Waals surface area contributed by atoms with Crippen molar-refractivity contribution < 1.29 is 9.53 Å². The number of hydrogen-bond acceptors (Lipinski definition) is 4. The Balaban J connectivity index is 2.11. The maximum atomic E-state index is 11.3. The highest BCUT2D eigenvalue weighted by Crippen LogP contribution is 2.31. The number of aryl methyl sites for hydroxylation is 1. The molecular weight excluding hydrogens is 242 g/mol. The van der Waals surface area contributed by atoms with Crippen LogP contribution in [0, 0.1) is 0 Å². The number of carbonyl (C=O) groups is 1. The summed E-state index contributed by atoms with van der Waals surface area (Å²) in [5.41, 5.74) is 9.58. The molecule has 0 aliphatic carbocycles. The summed E-state index contributed by atoms with van der Waals surface area (Å²) in [5.74, 6) is 0.0565. The van der Waals surface area contributed by atoms with Gasteiger partial charge in [-0.1, -0.05) is 0 Å². The van der Waals surface area contributed by atoms with Gasteiger partial charge in [0.05, 0.1) is 11.4 Å². The zero-order valence-electron chi connectivity index (χ0n) is 11.5. The monoisotopic (exact) mass is 263 g/mol. The van der Waals surface area contributed by atoms with Crippen LogP contribution in [0.5, 0.6) is 0 Å². The van der Waals surface area contributed by atoms with E-state index in [9.17, 15) is 4.79 Å². The fourth-order valence-corrected chi connectivity index (χ4v) is 2.20. The molecule has 0 saturated heterocycles. The van der Waals surface area contributed by atoms with Crippen LogP contribution < -0.4 is 16.4 Å². The molecule has 0 spiro atoms. The maximum Gasteiger partial charge on any atom is 0.224 e. The Morgan fingerprint density at radius 2 is 2.26 bits per heavy atom. The molecule has 1 aromatic carbocycles. The molecule has 1 aliphatic heterocycles. The van der Waals surface area contributed by atoms with E-state index in [4.69, 9.17) is 10.5 Å². The number of nitrogen functional groups attached to an aromatic ring is 1. The first kappa shape index (κ1) is 13.7. The van der Waals surface area contributed by atoms with Crippen molar-refractivity contribution in [3.63, 3.8) is 0 Å². The molecule has 0 fully saturated rings. The van der Waals surface area contributed by atoms with E-state index in [0.29, 0.717) is 18.2 Å². The van der Waals surface area contributed by atoms with Gasteiger partial charge in [-0.05, 0) is 37.5 Å². The smallest absolute Gasteiger partial charge is 0.224 e. The molecule has 5 nitrogen and oxygen atoms in total. The summed E-state index contributed by atoms with van der Waals surface area (Å²) >= 11 is 0. The van der Waals surface area contributed by atoms with E-state index in [1.54, 1.807) is 7.11 Å². The maximum absolute atomic E-state index is 11.3. The van der Waals surface area contributed by atoms with Crippen LogP contribution in [-0.4, -0.2) is 25.7 Å². The lowest BCUT2D eigenvalue weighted by atomic mass is 10.0. The lowest BCUT2D eigenvalue weighted by Crippen LogP contribution is -2.21. The number of benzene rings is 1. The summed E-state index contributed by atoms with van der Waals surface area (Å²) in [5, 5.41) is 6.24. The topological polar surface area (TPSA) is 76.4 Å². The lowest BCUT2D eigenvalue weighted by Gasteiger charge is -2.22. The molecule has 104 valence electrons. The third-order valence-electron chi connectivity index (χ3n) is 3.33. The number of hydrogen-bond donors (Lipinski definition) is 3. The molecule has 19 heavy (non-hydrogen) atoms. The molecule has 0 aromatic heterocycles. The summed E-state index contributed by atoms with van der Waals surface area (Å²) in [6.45, 7) is 2.81. The van der Waals surface area contributed by atoms with E-state index in [2.05, 4.69) is 17.6 Å². The van der Waals surface area contributed by atoms with Crippen molar-refractivity contribution in [2.45, 2.75) is 32.2 Å². The summed E-state index contributed by atoms with van der Waals surface area (Å²) in [7, 11) is 1.70. The number of ether oxygens (including phenoxy) is 1. The Morgan fingerprint density at radius 3 is 3.00 bits per heavy atom. The normalized spacial score (nSPS) is 15.6. The van der Waals surface area contributed by atoms with E-state index in [0.717, 1.165) is 36.4 Å². The van der Waals surface area contributed by atoms with Crippen LogP contribution >= 0.6 is 0 Å². The standard InChI is InChI=1S/C14H21N3O2/c1-9(5-6-19-2)16-13-7-10-3-4-14(18)17-12(10)8-11(13)15/h7-9,16H,3-6,15H2,1-2H3,(H,17,18). The number of methoxy groups -OCH3 is 1. The Hall–Kier alpha value is -1.75. The number of fused-ring (bicyclic) bond motifs is 1. The summed E-state index contributed by atoms with van der Waals surface area (Å²) in [6.07, 6.45) is 2.22. The molecule has 0 saturated carbocycles. The second kappa shape index (κ2) is 5.93. The summed E-state index contributed by atoms with van der Waals surface area (Å²) in [6, 6.07) is 4.16. The molecule has 5 heteroatoms. The highest BCUT2D eigenvalue weighted by Gasteiger charge is 2.17. The second-order valence-electron chi connectivity index (χ2n) is 4.97. The van der Waals surface area contributed by atoms with Crippen molar-refractivity contribution in [2.75, 3.05) is 30.1 Å². The van der Waals surface area contributed by atoms with Crippen molar-refractivity contribution in [1.82, 2.24) is 0 Å². The van der Waals surface area contributed by atoms with Crippen LogP contribution in [0.2, 0.25) is 0 Å². The second-order valence-corrected chi connectivity index (χ2v) is 4.97. The van der Waals surface area contributed by atoms with Gasteiger partial charge < -0.3 is 21.1 Å². The molecule has 2 rings (SSSR count). The molecule has 0 bridgehead atoms. The van der Waals surface area contributed by atoms with Crippen molar-refractivity contribution in [1.29, 1.82) is 0 Å². The van der Waals surface area contributed by atoms with E-state index in [1.165, 1.54) is 0 Å². The van der Waals surface area contributed by atoms with Gasteiger partial charge in [-0.15, -0.1) is 0 Å². The Bertz CT molecular complexity index is 474. The van der Waals surface area contributed by atoms with Crippen molar-refractivity contribution in [2.24, 2.45) is 0 Å². The van der Waals surface area contributed by atoms with Gasteiger partial charge in [0, 0.05) is 31.9 Å². The third kappa shape index (κ3) is 3.38. The summed E-state index contributed by atoms with van der Waals surface area (Å²) in [4.78, 5) is 11.3. The van der Waals surface area contributed by atoms with Crippen molar-refractivity contribution >= 4 is 23.0 Å². The molecule has 1 aliphatic rings. The zero-order valence-corrected chi connectivity index (χ0v) is 11.5. The SMILES string of the molecule is COCCC(C)Nc1cc2c(cc1N)NC(=O)CC2. The number of amides is 1. The van der Waals surface area contributed by atoms with Crippen LogP contribution in [0.25, 0.3) is 0 Å². The number of rotatable bonds is 5. The fraction of sp³-hybridized carbons (Fsp3) is 0.500. The van der Waals surface area contributed by atoms with E-state index >= 15 is 0 Å². The van der Waals surface area contributed by atoms with Crippen molar-refractivity contribution in [3.8, 4) is 0 Å². The Kier molecular flexibility index (Phi) is 4.27. The molecule has 1 unspecified atom stereocenters.